The molecule has 3 rings (SSSR count). The minimum Gasteiger partial charge on any atom is -0.489 e. The van der Waals surface area contributed by atoms with Gasteiger partial charge in [0.25, 0.3) is 5.91 Å². The number of carbonyl (C=O) groups excluding carboxylic acids is 1. The molecule has 1 heterocycles. The molecule has 0 fully saturated rings. The lowest BCUT2D eigenvalue weighted by Gasteiger charge is -2.13. The van der Waals surface area contributed by atoms with Crippen LogP contribution in [0.2, 0.25) is 5.02 Å². The molecule has 0 saturated heterocycles. The predicted octanol–water partition coefficient (Wildman–Crippen LogP) is 5.56. The number of carbonyl (C=O) groups is 1. The Labute approximate surface area is 174 Å². The maximum atomic E-state index is 12.6. The van der Waals surface area contributed by atoms with Gasteiger partial charge in [-0.1, -0.05) is 22.8 Å². The van der Waals surface area contributed by atoms with Crippen molar-refractivity contribution in [2.45, 2.75) is 40.4 Å². The lowest BCUT2D eigenvalue weighted by molar-refractivity contribution is 0.102. The summed E-state index contributed by atoms with van der Waals surface area (Å²) in [6.07, 6.45) is 0.0149. The van der Waals surface area contributed by atoms with Crippen LogP contribution >= 0.6 is 11.6 Å². The van der Waals surface area contributed by atoms with Gasteiger partial charge < -0.3 is 19.3 Å². The van der Waals surface area contributed by atoms with Gasteiger partial charge in [-0.15, -0.1) is 0 Å². The first-order valence-electron chi connectivity index (χ1n) is 9.25. The van der Waals surface area contributed by atoms with E-state index in [4.69, 9.17) is 25.6 Å². The minimum absolute atomic E-state index is 0.0149. The number of ether oxygens (including phenoxy) is 2. The second-order valence-corrected chi connectivity index (χ2v) is 7.29. The van der Waals surface area contributed by atoms with Crippen LogP contribution in [0.25, 0.3) is 0 Å². The standard InChI is InChI=1S/C22H23ClN2O4/c1-13(2)28-21-9-8-17(11-20(21)23)24-22(26)16-6-5-7-18(10-16)27-12-19-14(3)25-29-15(19)4/h5-11,13H,12H2,1-4H3,(H,24,26). The smallest absolute Gasteiger partial charge is 0.255 e. The van der Waals surface area contributed by atoms with Crippen LogP contribution in [-0.4, -0.2) is 17.2 Å². The molecule has 6 nitrogen and oxygen atoms in total. The lowest BCUT2D eigenvalue weighted by atomic mass is 10.2. The summed E-state index contributed by atoms with van der Waals surface area (Å²) in [5.74, 6) is 1.62. The van der Waals surface area contributed by atoms with E-state index < -0.39 is 0 Å². The molecule has 1 amide bonds. The van der Waals surface area contributed by atoms with Crippen molar-refractivity contribution < 1.29 is 18.8 Å². The summed E-state index contributed by atoms with van der Waals surface area (Å²) in [6.45, 7) is 7.87. The topological polar surface area (TPSA) is 73.6 Å². The number of aryl methyl sites for hydroxylation is 2. The highest BCUT2D eigenvalue weighted by molar-refractivity contribution is 6.32. The predicted molar refractivity (Wildman–Crippen MR) is 112 cm³/mol. The zero-order valence-electron chi connectivity index (χ0n) is 16.8. The number of amides is 1. The molecule has 3 aromatic rings. The zero-order chi connectivity index (χ0) is 21.0. The van der Waals surface area contributed by atoms with E-state index >= 15 is 0 Å². The van der Waals surface area contributed by atoms with Crippen LogP contribution in [0.3, 0.4) is 0 Å². The number of aromatic nitrogens is 1. The Bertz CT molecular complexity index is 994. The Morgan fingerprint density at radius 3 is 2.66 bits per heavy atom. The molecule has 1 aromatic heterocycles. The molecule has 0 bridgehead atoms. The van der Waals surface area contributed by atoms with E-state index in [9.17, 15) is 4.79 Å². The van der Waals surface area contributed by atoms with E-state index in [2.05, 4.69) is 10.5 Å². The van der Waals surface area contributed by atoms with E-state index in [0.29, 0.717) is 34.4 Å². The van der Waals surface area contributed by atoms with Crippen molar-refractivity contribution in [2.75, 3.05) is 5.32 Å². The van der Waals surface area contributed by atoms with E-state index in [1.54, 1.807) is 42.5 Å². The third-order valence-corrected chi connectivity index (χ3v) is 4.51. The Balaban J connectivity index is 1.67. The molecular weight excluding hydrogens is 392 g/mol. The summed E-state index contributed by atoms with van der Waals surface area (Å²) < 4.78 is 16.6. The van der Waals surface area contributed by atoms with Crippen molar-refractivity contribution >= 4 is 23.2 Å². The second-order valence-electron chi connectivity index (χ2n) is 6.89. The third-order valence-electron chi connectivity index (χ3n) is 4.21. The first kappa shape index (κ1) is 20.7. The van der Waals surface area contributed by atoms with Gasteiger partial charge in [0.05, 0.1) is 22.4 Å². The largest absolute Gasteiger partial charge is 0.489 e. The highest BCUT2D eigenvalue weighted by Crippen LogP contribution is 2.29. The summed E-state index contributed by atoms with van der Waals surface area (Å²) in [7, 11) is 0. The Hall–Kier alpha value is -2.99. The number of halogens is 1. The van der Waals surface area contributed by atoms with Crippen molar-refractivity contribution in [2.24, 2.45) is 0 Å². The van der Waals surface area contributed by atoms with Crippen molar-refractivity contribution in [1.82, 2.24) is 5.16 Å². The first-order chi connectivity index (χ1) is 13.8. The lowest BCUT2D eigenvalue weighted by Crippen LogP contribution is -2.12. The second kappa shape index (κ2) is 9.01. The molecule has 0 unspecified atom stereocenters. The normalized spacial score (nSPS) is 10.8. The van der Waals surface area contributed by atoms with Crippen molar-refractivity contribution in [3.05, 3.63) is 70.1 Å². The van der Waals surface area contributed by atoms with Gasteiger partial charge >= 0.3 is 0 Å². The number of hydrogen-bond acceptors (Lipinski definition) is 5. The average Bonchev–Trinajstić information content (AvgIpc) is 3.00. The molecule has 152 valence electrons. The number of rotatable bonds is 7. The molecule has 1 N–H and O–H groups in total. The van der Waals surface area contributed by atoms with Crippen LogP contribution in [0.4, 0.5) is 5.69 Å². The molecule has 0 atom stereocenters. The van der Waals surface area contributed by atoms with Crippen LogP contribution in [0, 0.1) is 13.8 Å². The van der Waals surface area contributed by atoms with Gasteiger partial charge in [0, 0.05) is 11.3 Å². The molecule has 0 spiro atoms. The van der Waals surface area contributed by atoms with Crippen LogP contribution in [0.5, 0.6) is 11.5 Å². The molecule has 2 aromatic carbocycles. The fourth-order valence-corrected chi connectivity index (χ4v) is 2.95. The van der Waals surface area contributed by atoms with Gasteiger partial charge in [0.15, 0.2) is 0 Å². The third kappa shape index (κ3) is 5.29. The van der Waals surface area contributed by atoms with E-state index in [-0.39, 0.29) is 12.0 Å². The molecule has 0 radical (unpaired) electrons. The van der Waals surface area contributed by atoms with E-state index in [1.165, 1.54) is 0 Å². The summed E-state index contributed by atoms with van der Waals surface area (Å²) in [5.41, 5.74) is 2.74. The molecule has 29 heavy (non-hydrogen) atoms. The van der Waals surface area contributed by atoms with Crippen molar-refractivity contribution in [1.29, 1.82) is 0 Å². The van der Waals surface area contributed by atoms with Crippen LogP contribution in [-0.2, 0) is 6.61 Å². The van der Waals surface area contributed by atoms with Gasteiger partial charge in [-0.25, -0.2) is 0 Å². The molecule has 0 aliphatic heterocycles. The molecule has 0 saturated carbocycles. The summed E-state index contributed by atoms with van der Waals surface area (Å²) in [4.78, 5) is 12.6. The van der Waals surface area contributed by atoms with Gasteiger partial charge in [-0.2, -0.15) is 0 Å². The average molecular weight is 415 g/mol. The number of nitrogens with one attached hydrogen (secondary N) is 1. The Morgan fingerprint density at radius 2 is 2.00 bits per heavy atom. The number of nitrogens with zero attached hydrogens (tertiary/aromatic N) is 1. The van der Waals surface area contributed by atoms with Gasteiger partial charge in [0.1, 0.15) is 23.9 Å². The monoisotopic (exact) mass is 414 g/mol. The van der Waals surface area contributed by atoms with Crippen LogP contribution in [0.15, 0.2) is 47.0 Å². The Kier molecular flexibility index (Phi) is 6.44. The van der Waals surface area contributed by atoms with Gasteiger partial charge in [-0.05, 0) is 64.1 Å². The summed E-state index contributed by atoms with van der Waals surface area (Å²) in [6, 6.07) is 12.1. The van der Waals surface area contributed by atoms with Crippen molar-refractivity contribution in [3.63, 3.8) is 0 Å². The maximum absolute atomic E-state index is 12.6. The van der Waals surface area contributed by atoms with Gasteiger partial charge in [0.2, 0.25) is 0 Å². The van der Waals surface area contributed by atoms with Crippen LogP contribution in [0.1, 0.15) is 41.2 Å². The van der Waals surface area contributed by atoms with E-state index in [0.717, 1.165) is 17.0 Å². The molecule has 0 aliphatic carbocycles. The highest BCUT2D eigenvalue weighted by Gasteiger charge is 2.12. The molecular formula is C22H23ClN2O4. The SMILES string of the molecule is Cc1noc(C)c1COc1cccc(C(=O)Nc2ccc(OC(C)C)c(Cl)c2)c1. The number of benzene rings is 2. The summed E-state index contributed by atoms with van der Waals surface area (Å²) >= 11 is 6.23. The minimum atomic E-state index is -0.263. The quantitative estimate of drug-likeness (QED) is 0.547. The van der Waals surface area contributed by atoms with Crippen LogP contribution < -0.4 is 14.8 Å². The van der Waals surface area contributed by atoms with Gasteiger partial charge in [-0.3, -0.25) is 4.79 Å². The van der Waals surface area contributed by atoms with E-state index in [1.807, 2.05) is 27.7 Å². The molecule has 7 heteroatoms. The Morgan fingerprint density at radius 1 is 1.21 bits per heavy atom. The summed E-state index contributed by atoms with van der Waals surface area (Å²) in [5, 5.41) is 7.18. The fourth-order valence-electron chi connectivity index (χ4n) is 2.72. The highest BCUT2D eigenvalue weighted by atomic mass is 35.5. The first-order valence-corrected chi connectivity index (χ1v) is 9.63. The number of anilines is 1. The number of hydrogen-bond donors (Lipinski definition) is 1. The zero-order valence-corrected chi connectivity index (χ0v) is 17.5. The fraction of sp³-hybridized carbons (Fsp3) is 0.273. The van der Waals surface area contributed by atoms with Crippen molar-refractivity contribution in [3.8, 4) is 11.5 Å². The molecule has 0 aliphatic rings. The maximum Gasteiger partial charge on any atom is 0.255 e.